The van der Waals surface area contributed by atoms with Gasteiger partial charge in [0.15, 0.2) is 29.2 Å². The highest BCUT2D eigenvalue weighted by Crippen LogP contribution is 2.73. The van der Waals surface area contributed by atoms with Crippen LogP contribution in [0.25, 0.3) is 0 Å². The van der Waals surface area contributed by atoms with Gasteiger partial charge in [-0.15, -0.1) is 0 Å². The Bertz CT molecular complexity index is 1260. The molecule has 4 atom stereocenters. The summed E-state index contributed by atoms with van der Waals surface area (Å²) < 4.78 is 25.6. The maximum Gasteiger partial charge on any atom is 0.207 e. The molecule has 0 amide bonds. The lowest BCUT2D eigenvalue weighted by Gasteiger charge is -2.59. The van der Waals surface area contributed by atoms with Crippen LogP contribution in [-0.2, 0) is 30.9 Å². The average Bonchev–Trinajstić information content (AvgIpc) is 3.21. The standard InChI is InChI=1S/C29H34N2O6/c1-16(32)22(17(2)33)25-30(15-18-4-5-18)21-14-19-6-7-20(34-3)24-23(19)27-10-11-31(25)28(21,27)8-9-29(26(27)37-24)35-12-13-36-29/h6-7,18,21,26H,4-5,8-15H2,1-3H3. The monoisotopic (exact) mass is 506 g/mol. The molecule has 0 aromatic heterocycles. The maximum absolute atomic E-state index is 13.0. The van der Waals surface area contributed by atoms with E-state index in [0.29, 0.717) is 24.7 Å². The van der Waals surface area contributed by atoms with E-state index in [4.69, 9.17) is 18.9 Å². The summed E-state index contributed by atoms with van der Waals surface area (Å²) >= 11 is 0. The van der Waals surface area contributed by atoms with E-state index in [-0.39, 0.29) is 34.7 Å². The Hall–Kier alpha value is -2.58. The summed E-state index contributed by atoms with van der Waals surface area (Å²) in [6.45, 7) is 5.87. The van der Waals surface area contributed by atoms with Gasteiger partial charge in [-0.2, -0.15) is 0 Å². The molecule has 1 aromatic carbocycles. The number of carbonyl (C=O) groups excluding carboxylic acids is 2. The number of benzene rings is 1. The van der Waals surface area contributed by atoms with E-state index in [1.165, 1.54) is 24.0 Å². The molecule has 2 saturated carbocycles. The summed E-state index contributed by atoms with van der Waals surface area (Å²) in [5.74, 6) is 1.98. The van der Waals surface area contributed by atoms with Crippen molar-refractivity contribution >= 4 is 11.6 Å². The molecule has 0 N–H and O–H groups in total. The van der Waals surface area contributed by atoms with Crippen molar-refractivity contribution in [1.29, 1.82) is 0 Å². The van der Waals surface area contributed by atoms with Gasteiger partial charge in [0.1, 0.15) is 11.4 Å². The number of carbonyl (C=O) groups is 2. The van der Waals surface area contributed by atoms with Crippen LogP contribution in [0, 0.1) is 5.92 Å². The molecule has 8 rings (SSSR count). The lowest BCUT2D eigenvalue weighted by molar-refractivity contribution is -0.257. The Balaban J connectivity index is 1.42. The van der Waals surface area contributed by atoms with E-state index in [9.17, 15) is 9.59 Å². The molecule has 0 radical (unpaired) electrons. The lowest BCUT2D eigenvalue weighted by atomic mass is 9.50. The third-order valence-corrected chi connectivity index (χ3v) is 10.5. The van der Waals surface area contributed by atoms with Crippen LogP contribution < -0.4 is 9.47 Å². The van der Waals surface area contributed by atoms with Crippen molar-refractivity contribution in [2.24, 2.45) is 5.92 Å². The Morgan fingerprint density at radius 1 is 1.08 bits per heavy atom. The number of methoxy groups -OCH3 is 1. The molecule has 5 fully saturated rings. The average molecular weight is 507 g/mol. The molecule has 4 aliphatic heterocycles. The molecule has 3 saturated heterocycles. The molecule has 1 aromatic rings. The van der Waals surface area contributed by atoms with E-state index in [1.54, 1.807) is 21.0 Å². The minimum Gasteiger partial charge on any atom is -0.493 e. The van der Waals surface area contributed by atoms with E-state index >= 15 is 0 Å². The molecule has 3 spiro atoms. The van der Waals surface area contributed by atoms with Crippen molar-refractivity contribution in [1.82, 2.24) is 9.80 Å². The van der Waals surface area contributed by atoms with Gasteiger partial charge < -0.3 is 28.7 Å². The molecule has 8 heteroatoms. The van der Waals surface area contributed by atoms with Crippen LogP contribution in [0.3, 0.4) is 0 Å². The fourth-order valence-corrected chi connectivity index (χ4v) is 9.24. The minimum absolute atomic E-state index is 0.145. The third kappa shape index (κ3) is 2.43. The zero-order chi connectivity index (χ0) is 25.3. The summed E-state index contributed by atoms with van der Waals surface area (Å²) in [5, 5.41) is 0. The first-order chi connectivity index (χ1) is 17.9. The van der Waals surface area contributed by atoms with Gasteiger partial charge in [-0.25, -0.2) is 0 Å². The van der Waals surface area contributed by atoms with Crippen LogP contribution in [0.5, 0.6) is 11.5 Å². The number of hydrogen-bond donors (Lipinski definition) is 0. The van der Waals surface area contributed by atoms with Crippen molar-refractivity contribution in [3.05, 3.63) is 34.7 Å². The predicted molar refractivity (Wildman–Crippen MR) is 132 cm³/mol. The summed E-state index contributed by atoms with van der Waals surface area (Å²) in [7, 11) is 1.70. The highest BCUT2D eigenvalue weighted by Gasteiger charge is 2.82. The number of ether oxygens (including phenoxy) is 4. The fourth-order valence-electron chi connectivity index (χ4n) is 9.24. The third-order valence-electron chi connectivity index (χ3n) is 10.5. The van der Waals surface area contributed by atoms with Gasteiger partial charge >= 0.3 is 0 Å². The van der Waals surface area contributed by atoms with Gasteiger partial charge in [0, 0.05) is 25.1 Å². The first-order valence-electron chi connectivity index (χ1n) is 13.8. The van der Waals surface area contributed by atoms with Crippen LogP contribution >= 0.6 is 0 Å². The molecule has 0 bridgehead atoms. The minimum atomic E-state index is -0.789. The second-order valence-corrected chi connectivity index (χ2v) is 12.1. The number of nitrogens with zero attached hydrogens (tertiary/aromatic N) is 2. The second kappa shape index (κ2) is 7.08. The van der Waals surface area contributed by atoms with Crippen LogP contribution in [0.15, 0.2) is 23.5 Å². The number of rotatable bonds is 5. The van der Waals surface area contributed by atoms with Gasteiger partial charge in [-0.3, -0.25) is 9.59 Å². The number of Topliss-reactive ketones (excluding diaryl/α,β-unsaturated/α-hetero) is 2. The van der Waals surface area contributed by atoms with Crippen molar-refractivity contribution in [3.8, 4) is 11.5 Å². The molecule has 37 heavy (non-hydrogen) atoms. The van der Waals surface area contributed by atoms with Crippen molar-refractivity contribution in [3.63, 3.8) is 0 Å². The van der Waals surface area contributed by atoms with Crippen molar-refractivity contribution in [2.45, 2.75) is 81.3 Å². The zero-order valence-electron chi connectivity index (χ0n) is 21.8. The van der Waals surface area contributed by atoms with Gasteiger partial charge in [-0.1, -0.05) is 6.07 Å². The molecule has 4 heterocycles. The number of fused-ring (bicyclic) bond motifs is 1. The number of allylic oxidation sites excluding steroid dienone is 1. The van der Waals surface area contributed by atoms with Crippen LogP contribution in [-0.4, -0.2) is 78.3 Å². The SMILES string of the molecule is COc1ccc2c3c1OC1C4(CCC56C(C2)N(CC2CC2)C(=C(C(C)=O)C(C)=O)N5CCC316)OCCO4. The Kier molecular flexibility index (Phi) is 4.29. The molecule has 3 aliphatic carbocycles. The van der Waals surface area contributed by atoms with Gasteiger partial charge in [0.05, 0.1) is 37.3 Å². The summed E-state index contributed by atoms with van der Waals surface area (Å²) in [4.78, 5) is 31.0. The Labute approximate surface area is 216 Å². The van der Waals surface area contributed by atoms with Gasteiger partial charge in [0.25, 0.3) is 0 Å². The zero-order valence-corrected chi connectivity index (χ0v) is 21.8. The van der Waals surface area contributed by atoms with E-state index in [2.05, 4.69) is 15.9 Å². The predicted octanol–water partition coefficient (Wildman–Crippen LogP) is 2.72. The Morgan fingerprint density at radius 3 is 2.51 bits per heavy atom. The van der Waals surface area contributed by atoms with Gasteiger partial charge in [-0.05, 0) is 63.5 Å². The van der Waals surface area contributed by atoms with E-state index in [0.717, 1.165) is 56.1 Å². The van der Waals surface area contributed by atoms with Crippen LogP contribution in [0.4, 0.5) is 0 Å². The Morgan fingerprint density at radius 2 is 1.84 bits per heavy atom. The van der Waals surface area contributed by atoms with E-state index < -0.39 is 5.79 Å². The van der Waals surface area contributed by atoms with Gasteiger partial charge in [0.2, 0.25) is 5.79 Å². The molecule has 196 valence electrons. The first-order valence-corrected chi connectivity index (χ1v) is 13.8. The molecular formula is C29H34N2O6. The van der Waals surface area contributed by atoms with Crippen LogP contribution in [0.2, 0.25) is 0 Å². The summed E-state index contributed by atoms with van der Waals surface area (Å²) in [5.41, 5.74) is 2.20. The largest absolute Gasteiger partial charge is 0.493 e. The highest BCUT2D eigenvalue weighted by atomic mass is 16.8. The normalized spacial score (nSPS) is 35.5. The first kappa shape index (κ1) is 22.4. The van der Waals surface area contributed by atoms with E-state index in [1.807, 2.05) is 6.07 Å². The summed E-state index contributed by atoms with van der Waals surface area (Å²) in [6, 6.07) is 4.38. The van der Waals surface area contributed by atoms with Crippen molar-refractivity contribution < 1.29 is 28.5 Å². The van der Waals surface area contributed by atoms with Crippen molar-refractivity contribution in [2.75, 3.05) is 33.4 Å². The number of ketones is 2. The molecule has 4 unspecified atom stereocenters. The quantitative estimate of drug-likeness (QED) is 0.343. The molecule has 7 aliphatic rings. The summed E-state index contributed by atoms with van der Waals surface area (Å²) in [6.07, 6.45) is 5.40. The topological polar surface area (TPSA) is 77.5 Å². The van der Waals surface area contributed by atoms with Crippen LogP contribution in [0.1, 0.15) is 57.1 Å². The fraction of sp³-hybridized carbons (Fsp3) is 0.655. The maximum atomic E-state index is 13.0. The molecular weight excluding hydrogens is 472 g/mol. The highest BCUT2D eigenvalue weighted by molar-refractivity contribution is 6.19. The second-order valence-electron chi connectivity index (χ2n) is 12.1. The lowest BCUT2D eigenvalue weighted by Crippen LogP contribution is -2.74. The smallest absolute Gasteiger partial charge is 0.207 e. The molecule has 8 nitrogen and oxygen atoms in total. The number of hydrogen-bond acceptors (Lipinski definition) is 8.